The summed E-state index contributed by atoms with van der Waals surface area (Å²) in [5.41, 5.74) is 1.05. The van der Waals surface area contributed by atoms with Crippen molar-refractivity contribution >= 4 is 44.5 Å². The van der Waals surface area contributed by atoms with E-state index in [0.717, 1.165) is 3.79 Å². The Labute approximate surface area is 133 Å². The summed E-state index contributed by atoms with van der Waals surface area (Å²) in [5.74, 6) is -0.165. The van der Waals surface area contributed by atoms with Crippen molar-refractivity contribution in [2.45, 2.75) is 0 Å². The van der Waals surface area contributed by atoms with Gasteiger partial charge in [0.2, 0.25) is 0 Å². The second-order valence-corrected chi connectivity index (χ2v) is 6.39. The van der Waals surface area contributed by atoms with Crippen LogP contribution >= 0.6 is 27.3 Å². The lowest BCUT2D eigenvalue weighted by Gasteiger charge is -2.07. The SMILES string of the molecule is O=C(NCCNc1ccccc1[N+](=O)[O-])c1csc(Br)c1. The number of carbonyl (C=O) groups excluding carboxylic acids is 1. The van der Waals surface area contributed by atoms with Gasteiger partial charge in [-0.2, -0.15) is 0 Å². The van der Waals surface area contributed by atoms with Crippen molar-refractivity contribution in [3.63, 3.8) is 0 Å². The van der Waals surface area contributed by atoms with Gasteiger partial charge in [0.25, 0.3) is 11.6 Å². The molecule has 0 atom stereocenters. The number of benzene rings is 1. The highest BCUT2D eigenvalue weighted by atomic mass is 79.9. The topological polar surface area (TPSA) is 84.3 Å². The third-order valence-corrected chi connectivity index (χ3v) is 4.16. The van der Waals surface area contributed by atoms with Gasteiger partial charge in [-0.3, -0.25) is 14.9 Å². The number of para-hydroxylation sites is 2. The molecule has 110 valence electrons. The van der Waals surface area contributed by atoms with Crippen molar-refractivity contribution in [2.75, 3.05) is 18.4 Å². The van der Waals surface area contributed by atoms with Crippen molar-refractivity contribution in [3.8, 4) is 0 Å². The van der Waals surface area contributed by atoms with Crippen LogP contribution in [0.5, 0.6) is 0 Å². The lowest BCUT2D eigenvalue weighted by atomic mass is 10.2. The van der Waals surface area contributed by atoms with E-state index in [4.69, 9.17) is 0 Å². The summed E-state index contributed by atoms with van der Waals surface area (Å²) in [5, 5.41) is 18.3. The Balaban J connectivity index is 1.83. The van der Waals surface area contributed by atoms with E-state index in [0.29, 0.717) is 24.3 Å². The van der Waals surface area contributed by atoms with Crippen LogP contribution in [0.15, 0.2) is 39.5 Å². The van der Waals surface area contributed by atoms with Crippen LogP contribution in [0.4, 0.5) is 11.4 Å². The molecule has 1 aromatic heterocycles. The van der Waals surface area contributed by atoms with E-state index >= 15 is 0 Å². The van der Waals surface area contributed by atoms with Gasteiger partial charge in [0.05, 0.1) is 14.3 Å². The Bertz CT molecular complexity index is 660. The molecule has 2 aromatic rings. The first-order valence-electron chi connectivity index (χ1n) is 6.07. The third-order valence-electron chi connectivity index (χ3n) is 2.66. The minimum atomic E-state index is -0.441. The first-order valence-corrected chi connectivity index (χ1v) is 7.74. The number of hydrogen-bond donors (Lipinski definition) is 2. The molecule has 0 aliphatic heterocycles. The number of carbonyl (C=O) groups is 1. The molecule has 2 rings (SSSR count). The largest absolute Gasteiger partial charge is 0.378 e. The summed E-state index contributed by atoms with van der Waals surface area (Å²) in [6.07, 6.45) is 0. The normalized spacial score (nSPS) is 10.1. The maximum absolute atomic E-state index is 11.8. The number of thiophene rings is 1. The Morgan fingerprint density at radius 3 is 2.76 bits per heavy atom. The molecule has 0 saturated heterocycles. The molecule has 0 radical (unpaired) electrons. The Morgan fingerprint density at radius 1 is 1.33 bits per heavy atom. The van der Waals surface area contributed by atoms with Crippen molar-refractivity contribution in [2.24, 2.45) is 0 Å². The number of rotatable bonds is 6. The summed E-state index contributed by atoms with van der Waals surface area (Å²) in [7, 11) is 0. The van der Waals surface area contributed by atoms with Gasteiger partial charge in [-0.25, -0.2) is 0 Å². The predicted molar refractivity (Wildman–Crippen MR) is 85.9 cm³/mol. The van der Waals surface area contributed by atoms with Crippen LogP contribution in [0.2, 0.25) is 0 Å². The zero-order valence-corrected chi connectivity index (χ0v) is 13.2. The number of nitrogens with one attached hydrogen (secondary N) is 2. The van der Waals surface area contributed by atoms with Crippen LogP contribution in [0.1, 0.15) is 10.4 Å². The summed E-state index contributed by atoms with van der Waals surface area (Å²) >= 11 is 4.74. The van der Waals surface area contributed by atoms with E-state index in [2.05, 4.69) is 26.6 Å². The summed E-state index contributed by atoms with van der Waals surface area (Å²) in [6, 6.07) is 8.14. The Kier molecular flexibility index (Phi) is 5.29. The molecule has 1 amide bonds. The van der Waals surface area contributed by atoms with E-state index in [9.17, 15) is 14.9 Å². The molecule has 0 aliphatic carbocycles. The van der Waals surface area contributed by atoms with Crippen molar-refractivity contribution in [1.29, 1.82) is 0 Å². The van der Waals surface area contributed by atoms with Crippen LogP contribution < -0.4 is 10.6 Å². The molecule has 0 unspecified atom stereocenters. The molecule has 0 saturated carbocycles. The standard InChI is InChI=1S/C13H12BrN3O3S/c14-12-7-9(8-21-12)13(18)16-6-5-15-10-3-1-2-4-11(10)17(19)20/h1-4,7-8,15H,5-6H2,(H,16,18). The lowest BCUT2D eigenvalue weighted by Crippen LogP contribution is -2.28. The van der Waals surface area contributed by atoms with Gasteiger partial charge in [-0.05, 0) is 28.1 Å². The van der Waals surface area contributed by atoms with Crippen molar-refractivity contribution in [3.05, 3.63) is 55.2 Å². The molecular formula is C13H12BrN3O3S. The molecule has 0 aliphatic rings. The zero-order valence-electron chi connectivity index (χ0n) is 10.8. The molecule has 1 heterocycles. The number of halogens is 1. The van der Waals surface area contributed by atoms with Gasteiger partial charge >= 0.3 is 0 Å². The highest BCUT2D eigenvalue weighted by Crippen LogP contribution is 2.22. The molecular weight excluding hydrogens is 358 g/mol. The zero-order chi connectivity index (χ0) is 15.2. The van der Waals surface area contributed by atoms with Gasteiger partial charge in [-0.15, -0.1) is 11.3 Å². The number of amides is 1. The van der Waals surface area contributed by atoms with Crippen LogP contribution in [0.25, 0.3) is 0 Å². The molecule has 8 heteroatoms. The first kappa shape index (κ1) is 15.5. The Hall–Kier alpha value is -1.93. The number of nitrogens with zero attached hydrogens (tertiary/aromatic N) is 1. The third kappa shape index (κ3) is 4.27. The minimum absolute atomic E-state index is 0.0191. The first-order chi connectivity index (χ1) is 10.1. The fourth-order valence-corrected chi connectivity index (χ4v) is 2.82. The van der Waals surface area contributed by atoms with E-state index < -0.39 is 4.92 Å². The average molecular weight is 370 g/mol. The number of anilines is 1. The molecule has 0 bridgehead atoms. The van der Waals surface area contributed by atoms with Crippen LogP contribution in [-0.2, 0) is 0 Å². The lowest BCUT2D eigenvalue weighted by molar-refractivity contribution is -0.384. The average Bonchev–Trinajstić information content (AvgIpc) is 2.90. The quantitative estimate of drug-likeness (QED) is 0.464. The number of nitro benzene ring substituents is 1. The van der Waals surface area contributed by atoms with Crippen molar-refractivity contribution < 1.29 is 9.72 Å². The minimum Gasteiger partial charge on any atom is -0.378 e. The molecule has 1 aromatic carbocycles. The number of hydrogen-bond acceptors (Lipinski definition) is 5. The molecule has 6 nitrogen and oxygen atoms in total. The van der Waals surface area contributed by atoms with Crippen LogP contribution in [-0.4, -0.2) is 23.9 Å². The summed E-state index contributed by atoms with van der Waals surface area (Å²) in [6.45, 7) is 0.778. The number of nitro groups is 1. The molecule has 0 spiro atoms. The monoisotopic (exact) mass is 369 g/mol. The van der Waals surface area contributed by atoms with Crippen LogP contribution in [0.3, 0.4) is 0 Å². The van der Waals surface area contributed by atoms with Gasteiger partial charge in [0.1, 0.15) is 5.69 Å². The molecule has 0 fully saturated rings. The summed E-state index contributed by atoms with van der Waals surface area (Å²) in [4.78, 5) is 22.2. The maximum atomic E-state index is 11.8. The molecule has 21 heavy (non-hydrogen) atoms. The second kappa shape index (κ2) is 7.19. The fourth-order valence-electron chi connectivity index (χ4n) is 1.69. The van der Waals surface area contributed by atoms with E-state index in [1.54, 1.807) is 29.6 Å². The summed E-state index contributed by atoms with van der Waals surface area (Å²) < 4.78 is 0.894. The van der Waals surface area contributed by atoms with Gasteiger partial charge in [0.15, 0.2) is 0 Å². The van der Waals surface area contributed by atoms with Gasteiger partial charge in [-0.1, -0.05) is 12.1 Å². The van der Waals surface area contributed by atoms with Gasteiger partial charge in [0, 0.05) is 24.5 Å². The van der Waals surface area contributed by atoms with E-state index in [1.807, 2.05) is 0 Å². The highest BCUT2D eigenvalue weighted by molar-refractivity contribution is 9.11. The highest BCUT2D eigenvalue weighted by Gasteiger charge is 2.11. The maximum Gasteiger partial charge on any atom is 0.292 e. The molecule has 2 N–H and O–H groups in total. The second-order valence-electron chi connectivity index (χ2n) is 4.10. The van der Waals surface area contributed by atoms with Crippen LogP contribution in [0, 0.1) is 10.1 Å². The fraction of sp³-hybridized carbons (Fsp3) is 0.154. The van der Waals surface area contributed by atoms with E-state index in [1.165, 1.54) is 17.4 Å². The van der Waals surface area contributed by atoms with E-state index in [-0.39, 0.29) is 11.6 Å². The predicted octanol–water partition coefficient (Wildman–Crippen LogP) is 3.26. The van der Waals surface area contributed by atoms with Crippen molar-refractivity contribution in [1.82, 2.24) is 5.32 Å². The van der Waals surface area contributed by atoms with Gasteiger partial charge < -0.3 is 10.6 Å². The smallest absolute Gasteiger partial charge is 0.292 e. The Morgan fingerprint density at radius 2 is 2.10 bits per heavy atom.